The second-order valence-electron chi connectivity index (χ2n) is 8.39. The summed E-state index contributed by atoms with van der Waals surface area (Å²) in [5.41, 5.74) is 0.914. The molecule has 6 nitrogen and oxygen atoms in total. The third-order valence-corrected chi connectivity index (χ3v) is 6.42. The SMILES string of the molecule is O=C(CCN1CCC2(CC1)CN(CCc1ccccc1)C(=O)O2)N1CCCC1. The topological polar surface area (TPSA) is 53.1 Å². The first-order chi connectivity index (χ1) is 13.6. The van der Waals surface area contributed by atoms with Crippen LogP contribution in [0.4, 0.5) is 4.79 Å². The summed E-state index contributed by atoms with van der Waals surface area (Å²) >= 11 is 0. The molecule has 28 heavy (non-hydrogen) atoms. The van der Waals surface area contributed by atoms with E-state index in [-0.39, 0.29) is 17.6 Å². The average molecular weight is 386 g/mol. The van der Waals surface area contributed by atoms with E-state index in [1.807, 2.05) is 28.0 Å². The third-order valence-electron chi connectivity index (χ3n) is 6.42. The zero-order valence-electron chi connectivity index (χ0n) is 16.6. The number of hydrogen-bond donors (Lipinski definition) is 0. The number of hydrogen-bond acceptors (Lipinski definition) is 4. The van der Waals surface area contributed by atoms with Gasteiger partial charge in [0, 0.05) is 58.5 Å². The van der Waals surface area contributed by atoms with Gasteiger partial charge in [0.25, 0.3) is 0 Å². The van der Waals surface area contributed by atoms with Crippen molar-refractivity contribution in [3.05, 3.63) is 35.9 Å². The number of amides is 2. The maximum Gasteiger partial charge on any atom is 0.410 e. The first-order valence-corrected chi connectivity index (χ1v) is 10.7. The van der Waals surface area contributed by atoms with Crippen LogP contribution >= 0.6 is 0 Å². The minimum atomic E-state index is -0.330. The van der Waals surface area contributed by atoms with Crippen molar-refractivity contribution in [2.45, 2.75) is 44.1 Å². The van der Waals surface area contributed by atoms with E-state index in [0.717, 1.165) is 64.8 Å². The van der Waals surface area contributed by atoms with Crippen molar-refractivity contribution >= 4 is 12.0 Å². The van der Waals surface area contributed by atoms with Gasteiger partial charge >= 0.3 is 6.09 Å². The summed E-state index contributed by atoms with van der Waals surface area (Å²) in [6.07, 6.45) is 5.30. The Hall–Kier alpha value is -2.08. The lowest BCUT2D eigenvalue weighted by Crippen LogP contribution is -2.47. The highest BCUT2D eigenvalue weighted by Crippen LogP contribution is 2.33. The molecule has 3 heterocycles. The first-order valence-electron chi connectivity index (χ1n) is 10.7. The first kappa shape index (κ1) is 19.2. The molecule has 3 aliphatic heterocycles. The molecule has 1 aromatic carbocycles. The Morgan fingerprint density at radius 1 is 1.00 bits per heavy atom. The Morgan fingerprint density at radius 3 is 2.43 bits per heavy atom. The number of nitrogens with zero attached hydrogens (tertiary/aromatic N) is 3. The predicted octanol–water partition coefficient (Wildman–Crippen LogP) is 2.53. The minimum Gasteiger partial charge on any atom is -0.441 e. The molecular weight excluding hydrogens is 354 g/mol. The van der Waals surface area contributed by atoms with Gasteiger partial charge in [0.2, 0.25) is 5.91 Å². The highest BCUT2D eigenvalue weighted by molar-refractivity contribution is 5.76. The average Bonchev–Trinajstić information content (AvgIpc) is 3.35. The smallest absolute Gasteiger partial charge is 0.410 e. The van der Waals surface area contributed by atoms with Crippen LogP contribution in [-0.2, 0) is 16.0 Å². The number of likely N-dealkylation sites (tertiary alicyclic amines) is 2. The van der Waals surface area contributed by atoms with Crippen molar-refractivity contribution in [2.24, 2.45) is 0 Å². The molecule has 6 heteroatoms. The van der Waals surface area contributed by atoms with Crippen molar-refractivity contribution in [3.63, 3.8) is 0 Å². The summed E-state index contributed by atoms with van der Waals surface area (Å²) < 4.78 is 5.83. The number of benzene rings is 1. The molecule has 0 unspecified atom stereocenters. The van der Waals surface area contributed by atoms with Gasteiger partial charge in [-0.3, -0.25) is 4.79 Å². The molecule has 3 fully saturated rings. The van der Waals surface area contributed by atoms with Crippen molar-refractivity contribution in [1.29, 1.82) is 0 Å². The number of piperidine rings is 1. The third kappa shape index (κ3) is 4.49. The molecule has 1 spiro atoms. The Morgan fingerprint density at radius 2 is 1.71 bits per heavy atom. The van der Waals surface area contributed by atoms with Gasteiger partial charge in [-0.05, 0) is 24.8 Å². The van der Waals surface area contributed by atoms with E-state index in [2.05, 4.69) is 17.0 Å². The Kier molecular flexibility index (Phi) is 5.85. The summed E-state index contributed by atoms with van der Waals surface area (Å²) in [5.74, 6) is 0.289. The van der Waals surface area contributed by atoms with Gasteiger partial charge in [0.05, 0.1) is 6.54 Å². The Labute approximate surface area is 167 Å². The molecule has 2 amide bonds. The zero-order chi connectivity index (χ0) is 19.4. The maximum absolute atomic E-state index is 12.4. The van der Waals surface area contributed by atoms with E-state index in [1.165, 1.54) is 5.56 Å². The van der Waals surface area contributed by atoms with Crippen LogP contribution in [0.25, 0.3) is 0 Å². The van der Waals surface area contributed by atoms with Crippen molar-refractivity contribution < 1.29 is 14.3 Å². The van der Waals surface area contributed by atoms with Gasteiger partial charge in [-0.2, -0.15) is 0 Å². The second kappa shape index (κ2) is 8.52. The molecule has 1 aromatic rings. The summed E-state index contributed by atoms with van der Waals surface area (Å²) in [5, 5.41) is 0. The van der Waals surface area contributed by atoms with E-state index in [4.69, 9.17) is 4.74 Å². The van der Waals surface area contributed by atoms with Gasteiger partial charge in [-0.15, -0.1) is 0 Å². The van der Waals surface area contributed by atoms with Gasteiger partial charge in [0.1, 0.15) is 5.60 Å². The standard InChI is InChI=1S/C22H31N3O3/c26-20(24-12-4-5-13-24)9-14-23-16-10-22(11-17-23)18-25(21(27)28-22)15-8-19-6-2-1-3-7-19/h1-3,6-7H,4-5,8-18H2. The molecule has 0 saturated carbocycles. The minimum absolute atomic E-state index is 0.173. The monoisotopic (exact) mass is 385 g/mol. The Balaban J connectivity index is 1.21. The van der Waals surface area contributed by atoms with Crippen LogP contribution in [0.2, 0.25) is 0 Å². The largest absolute Gasteiger partial charge is 0.441 e. The molecule has 0 atom stereocenters. The molecule has 0 aliphatic carbocycles. The van der Waals surface area contributed by atoms with Gasteiger partial charge < -0.3 is 19.4 Å². The highest BCUT2D eigenvalue weighted by atomic mass is 16.6. The Bertz CT molecular complexity index is 680. The number of ether oxygens (including phenoxy) is 1. The summed E-state index contributed by atoms with van der Waals surface area (Å²) in [4.78, 5) is 30.8. The van der Waals surface area contributed by atoms with E-state index in [1.54, 1.807) is 0 Å². The lowest BCUT2D eigenvalue weighted by molar-refractivity contribution is -0.130. The van der Waals surface area contributed by atoms with Crippen LogP contribution in [0.3, 0.4) is 0 Å². The van der Waals surface area contributed by atoms with E-state index >= 15 is 0 Å². The summed E-state index contributed by atoms with van der Waals surface area (Å²) in [6, 6.07) is 10.3. The molecule has 0 N–H and O–H groups in total. The van der Waals surface area contributed by atoms with Crippen LogP contribution in [0.1, 0.15) is 37.7 Å². The van der Waals surface area contributed by atoms with Gasteiger partial charge in [-0.1, -0.05) is 30.3 Å². The van der Waals surface area contributed by atoms with Crippen LogP contribution in [0.15, 0.2) is 30.3 Å². The lowest BCUT2D eigenvalue weighted by atomic mass is 9.91. The molecule has 3 saturated heterocycles. The second-order valence-corrected chi connectivity index (χ2v) is 8.39. The fourth-order valence-corrected chi connectivity index (χ4v) is 4.60. The molecule has 4 rings (SSSR count). The van der Waals surface area contributed by atoms with Crippen LogP contribution in [0.5, 0.6) is 0 Å². The van der Waals surface area contributed by atoms with Crippen molar-refractivity contribution in [1.82, 2.24) is 14.7 Å². The van der Waals surface area contributed by atoms with Crippen LogP contribution in [0, 0.1) is 0 Å². The predicted molar refractivity (Wildman–Crippen MR) is 107 cm³/mol. The highest BCUT2D eigenvalue weighted by Gasteiger charge is 2.46. The van der Waals surface area contributed by atoms with Crippen molar-refractivity contribution in [2.75, 3.05) is 45.8 Å². The van der Waals surface area contributed by atoms with Crippen molar-refractivity contribution in [3.8, 4) is 0 Å². The zero-order valence-corrected chi connectivity index (χ0v) is 16.6. The molecular formula is C22H31N3O3. The number of carbonyl (C=O) groups excluding carboxylic acids is 2. The molecule has 152 valence electrons. The van der Waals surface area contributed by atoms with Gasteiger partial charge in [0.15, 0.2) is 0 Å². The van der Waals surface area contributed by atoms with Gasteiger partial charge in [-0.25, -0.2) is 4.79 Å². The normalized spacial score (nSPS) is 22.1. The fourth-order valence-electron chi connectivity index (χ4n) is 4.60. The molecule has 0 bridgehead atoms. The molecule has 0 aromatic heterocycles. The quantitative estimate of drug-likeness (QED) is 0.755. The summed E-state index contributed by atoms with van der Waals surface area (Å²) in [7, 11) is 0. The van der Waals surface area contributed by atoms with Crippen LogP contribution < -0.4 is 0 Å². The fraction of sp³-hybridized carbons (Fsp3) is 0.636. The van der Waals surface area contributed by atoms with E-state index < -0.39 is 0 Å². The molecule has 0 radical (unpaired) electrons. The number of carbonyl (C=O) groups is 2. The summed E-state index contributed by atoms with van der Waals surface area (Å²) in [6.45, 7) is 5.86. The van der Waals surface area contributed by atoms with E-state index in [0.29, 0.717) is 19.5 Å². The maximum atomic E-state index is 12.4. The lowest BCUT2D eigenvalue weighted by Gasteiger charge is -2.37. The number of rotatable bonds is 6. The van der Waals surface area contributed by atoms with E-state index in [9.17, 15) is 9.59 Å². The molecule has 3 aliphatic rings. The van der Waals surface area contributed by atoms with Crippen LogP contribution in [-0.4, -0.2) is 78.1 Å².